The molecule has 12 heteroatoms. The van der Waals surface area contributed by atoms with Crippen molar-refractivity contribution < 1.29 is 40.7 Å². The van der Waals surface area contributed by atoms with E-state index in [-0.39, 0.29) is 18.2 Å². The molecule has 1 heterocycles. The molecule has 1 saturated heterocycles. The molecule has 1 aliphatic rings. The number of ether oxygens (including phenoxy) is 1. The minimum absolute atomic E-state index is 0.0552. The molecule has 2 aromatic rings. The monoisotopic (exact) mass is 573 g/mol. The number of carbonyl (C=O) groups is 2. The second-order valence-electron chi connectivity index (χ2n) is 10.9. The van der Waals surface area contributed by atoms with Crippen molar-refractivity contribution in [1.29, 1.82) is 0 Å². The fourth-order valence-corrected chi connectivity index (χ4v) is 4.73. The van der Waals surface area contributed by atoms with Crippen molar-refractivity contribution in [2.24, 2.45) is 0 Å². The number of alkyl carbamates (subject to hydrolysis) is 1. The summed E-state index contributed by atoms with van der Waals surface area (Å²) in [7, 11) is 1.32. The molecule has 2 unspecified atom stereocenters. The van der Waals surface area contributed by atoms with Gasteiger partial charge in [-0.05, 0) is 75.9 Å². The van der Waals surface area contributed by atoms with Gasteiger partial charge in [-0.2, -0.15) is 26.3 Å². The van der Waals surface area contributed by atoms with E-state index in [2.05, 4.69) is 5.32 Å². The Balaban J connectivity index is 1.95. The maximum Gasteiger partial charge on any atom is 0.416 e. The summed E-state index contributed by atoms with van der Waals surface area (Å²) in [6.07, 6.45) is -10.3. The van der Waals surface area contributed by atoms with Crippen molar-refractivity contribution in [1.82, 2.24) is 15.1 Å². The minimum Gasteiger partial charge on any atom is -0.444 e. The highest BCUT2D eigenvalue weighted by atomic mass is 19.4. The lowest BCUT2D eigenvalue weighted by molar-refractivity contribution is -0.143. The van der Waals surface area contributed by atoms with E-state index in [1.807, 2.05) is 19.1 Å². The van der Waals surface area contributed by atoms with Crippen LogP contribution in [0.1, 0.15) is 74.0 Å². The van der Waals surface area contributed by atoms with E-state index in [4.69, 9.17) is 4.74 Å². The first kappa shape index (κ1) is 31.1. The molecule has 0 aromatic heterocycles. The van der Waals surface area contributed by atoms with Gasteiger partial charge in [0.25, 0.3) is 0 Å². The summed E-state index contributed by atoms with van der Waals surface area (Å²) in [5, 5.41) is 2.82. The van der Waals surface area contributed by atoms with Crippen LogP contribution in [0.5, 0.6) is 0 Å². The third-order valence-electron chi connectivity index (χ3n) is 6.83. The Bertz CT molecular complexity index is 1210. The average Bonchev–Trinajstić information content (AvgIpc) is 3.23. The first-order chi connectivity index (χ1) is 18.3. The number of aryl methyl sites for hydroxylation is 1. The van der Waals surface area contributed by atoms with Crippen molar-refractivity contribution in [2.45, 2.75) is 77.1 Å². The van der Waals surface area contributed by atoms with Crippen LogP contribution in [-0.2, 0) is 17.1 Å². The van der Waals surface area contributed by atoms with Crippen LogP contribution >= 0.6 is 0 Å². The van der Waals surface area contributed by atoms with Crippen LogP contribution in [0.4, 0.5) is 35.9 Å². The molecule has 3 atom stereocenters. The van der Waals surface area contributed by atoms with Crippen molar-refractivity contribution in [3.63, 3.8) is 0 Å². The Morgan fingerprint density at radius 3 is 2.05 bits per heavy atom. The Hall–Kier alpha value is -3.44. The first-order valence-corrected chi connectivity index (χ1v) is 12.7. The lowest BCUT2D eigenvalue weighted by atomic mass is 9.96. The molecule has 2 aromatic carbocycles. The molecule has 6 nitrogen and oxygen atoms in total. The van der Waals surface area contributed by atoms with Gasteiger partial charge in [-0.3, -0.25) is 0 Å². The van der Waals surface area contributed by atoms with Gasteiger partial charge in [0.2, 0.25) is 0 Å². The minimum atomic E-state index is -5.01. The normalized spacial score (nSPS) is 18.9. The van der Waals surface area contributed by atoms with Crippen molar-refractivity contribution in [3.8, 4) is 0 Å². The molecule has 220 valence electrons. The van der Waals surface area contributed by atoms with Crippen molar-refractivity contribution in [2.75, 3.05) is 13.6 Å². The Morgan fingerprint density at radius 1 is 1.00 bits per heavy atom. The van der Waals surface area contributed by atoms with Crippen LogP contribution in [0.2, 0.25) is 0 Å². The van der Waals surface area contributed by atoms with Gasteiger partial charge in [-0.15, -0.1) is 0 Å². The number of halogens is 6. The summed E-state index contributed by atoms with van der Waals surface area (Å²) in [5.74, 6) is 0. The van der Waals surface area contributed by atoms with Crippen LogP contribution in [0.25, 0.3) is 0 Å². The number of nitrogens with one attached hydrogen (secondary N) is 1. The Kier molecular flexibility index (Phi) is 8.71. The zero-order valence-electron chi connectivity index (χ0n) is 23.1. The number of hydrogen-bond acceptors (Lipinski definition) is 3. The van der Waals surface area contributed by atoms with E-state index >= 15 is 0 Å². The summed E-state index contributed by atoms with van der Waals surface area (Å²) in [6.45, 7) is 8.53. The third kappa shape index (κ3) is 7.19. The predicted molar refractivity (Wildman–Crippen MR) is 136 cm³/mol. The molecule has 0 aliphatic carbocycles. The second-order valence-corrected chi connectivity index (χ2v) is 10.9. The zero-order chi connectivity index (χ0) is 30.2. The number of rotatable bonds is 4. The maximum absolute atomic E-state index is 13.7. The summed E-state index contributed by atoms with van der Waals surface area (Å²) >= 11 is 0. The van der Waals surface area contributed by atoms with Crippen LogP contribution in [0.15, 0.2) is 42.5 Å². The van der Waals surface area contributed by atoms with Gasteiger partial charge in [0.15, 0.2) is 0 Å². The van der Waals surface area contributed by atoms with E-state index in [0.717, 1.165) is 16.0 Å². The molecule has 1 aliphatic heterocycles. The quantitative estimate of drug-likeness (QED) is 0.386. The number of amides is 3. The highest BCUT2D eigenvalue weighted by molar-refractivity contribution is 5.76. The number of urea groups is 1. The molecule has 40 heavy (non-hydrogen) atoms. The maximum atomic E-state index is 13.7. The van der Waals surface area contributed by atoms with Gasteiger partial charge in [-0.1, -0.05) is 24.3 Å². The van der Waals surface area contributed by atoms with Gasteiger partial charge in [0.1, 0.15) is 5.60 Å². The summed E-state index contributed by atoms with van der Waals surface area (Å²) in [5.41, 5.74) is -2.39. The first-order valence-electron chi connectivity index (χ1n) is 12.7. The SMILES string of the molecule is Cc1ccccc1C1[C@H](NC(=O)OC(C)(C)C)CCN1C(=O)N(C)C(C)c1cc(C(F)(F)F)cc(C(F)(F)F)c1. The van der Waals surface area contributed by atoms with E-state index in [0.29, 0.717) is 18.6 Å². The third-order valence-corrected chi connectivity index (χ3v) is 6.83. The number of hydrogen-bond donors (Lipinski definition) is 1. The molecule has 0 radical (unpaired) electrons. The summed E-state index contributed by atoms with van der Waals surface area (Å²) in [4.78, 5) is 28.9. The molecule has 3 rings (SSSR count). The second kappa shape index (κ2) is 11.2. The standard InChI is InChI=1S/C28H33F6N3O3/c1-16-9-7-8-10-21(16)23-22(35-24(38)40-26(3,4)5)11-12-37(23)25(39)36(6)17(2)18-13-19(27(29,30)31)15-20(14-18)28(32,33)34/h7-10,13-15,17,22-23H,11-12H2,1-6H3,(H,35,38)/t17?,22-,23?/m1/s1. The van der Waals surface area contributed by atoms with E-state index in [1.54, 1.807) is 32.9 Å². The topological polar surface area (TPSA) is 61.9 Å². The van der Waals surface area contributed by atoms with Crippen LogP contribution in [0, 0.1) is 6.92 Å². The van der Waals surface area contributed by atoms with E-state index in [1.165, 1.54) is 18.9 Å². The number of carbonyl (C=O) groups excluding carboxylic acids is 2. The van der Waals surface area contributed by atoms with Gasteiger partial charge >= 0.3 is 24.5 Å². The van der Waals surface area contributed by atoms with Crippen LogP contribution in [0.3, 0.4) is 0 Å². The van der Waals surface area contributed by atoms with Gasteiger partial charge < -0.3 is 19.9 Å². The predicted octanol–water partition coefficient (Wildman–Crippen LogP) is 7.49. The number of benzene rings is 2. The molecule has 0 bridgehead atoms. The van der Waals surface area contributed by atoms with Crippen molar-refractivity contribution >= 4 is 12.1 Å². The highest BCUT2D eigenvalue weighted by Gasteiger charge is 2.43. The van der Waals surface area contributed by atoms with Gasteiger partial charge in [0.05, 0.1) is 29.3 Å². The number of nitrogens with zero attached hydrogens (tertiary/aromatic N) is 2. The van der Waals surface area contributed by atoms with E-state index < -0.39 is 59.3 Å². The Labute approximate surface area is 229 Å². The number of likely N-dealkylation sites (tertiary alicyclic amines) is 1. The summed E-state index contributed by atoms with van der Waals surface area (Å²) < 4.78 is 86.0. The Morgan fingerprint density at radius 2 is 1.55 bits per heavy atom. The van der Waals surface area contributed by atoms with Crippen molar-refractivity contribution in [3.05, 3.63) is 70.3 Å². The smallest absolute Gasteiger partial charge is 0.416 e. The number of alkyl halides is 6. The van der Waals surface area contributed by atoms with E-state index in [9.17, 15) is 35.9 Å². The molecule has 1 fully saturated rings. The lowest BCUT2D eigenvalue weighted by Gasteiger charge is -2.35. The fraction of sp³-hybridized carbons (Fsp3) is 0.500. The highest BCUT2D eigenvalue weighted by Crippen LogP contribution is 2.40. The molecule has 0 spiro atoms. The van der Waals surface area contributed by atoms with Crippen LogP contribution < -0.4 is 5.32 Å². The summed E-state index contributed by atoms with van der Waals surface area (Å²) in [6, 6.07) is 5.61. The van der Waals surface area contributed by atoms with Gasteiger partial charge in [0, 0.05) is 13.6 Å². The lowest BCUT2D eigenvalue weighted by Crippen LogP contribution is -2.46. The largest absolute Gasteiger partial charge is 0.444 e. The zero-order valence-corrected chi connectivity index (χ0v) is 23.1. The van der Waals surface area contributed by atoms with Crippen LogP contribution in [-0.4, -0.2) is 47.2 Å². The molecular weight excluding hydrogens is 540 g/mol. The fourth-order valence-electron chi connectivity index (χ4n) is 4.73. The molecule has 3 amide bonds. The van der Waals surface area contributed by atoms with Gasteiger partial charge in [-0.25, -0.2) is 9.59 Å². The average molecular weight is 574 g/mol. The molecule has 0 saturated carbocycles. The molecule has 1 N–H and O–H groups in total. The molecular formula is C28H33F6N3O3.